The number of carbonyl (C=O) groups is 1. The second-order valence-electron chi connectivity index (χ2n) is 8.57. The molecule has 33 heavy (non-hydrogen) atoms. The highest BCUT2D eigenvalue weighted by Gasteiger charge is 2.34. The maximum atomic E-state index is 13.1. The highest BCUT2D eigenvalue weighted by Crippen LogP contribution is 2.25. The van der Waals surface area contributed by atoms with E-state index in [2.05, 4.69) is 20.8 Å². The first-order chi connectivity index (χ1) is 15.9. The summed E-state index contributed by atoms with van der Waals surface area (Å²) in [4.78, 5) is 17.3. The van der Waals surface area contributed by atoms with Crippen LogP contribution in [-0.4, -0.2) is 69.9 Å². The number of rotatable bonds is 6. The first kappa shape index (κ1) is 24.0. The van der Waals surface area contributed by atoms with Gasteiger partial charge in [-0.3, -0.25) is 4.79 Å². The number of nitrogens with zero attached hydrogens (tertiary/aromatic N) is 3. The van der Waals surface area contributed by atoms with Crippen LogP contribution in [0.2, 0.25) is 0 Å². The Balaban J connectivity index is 1.26. The summed E-state index contributed by atoms with van der Waals surface area (Å²) in [5.41, 5.74) is 1.90. The van der Waals surface area contributed by atoms with E-state index in [4.69, 9.17) is 4.74 Å². The number of methoxy groups -OCH3 is 1. The smallest absolute Gasteiger partial charge is 0.225 e. The Kier molecular flexibility index (Phi) is 7.61. The topological polar surface area (TPSA) is 70.2 Å². The number of anilines is 1. The number of piperazine rings is 1. The summed E-state index contributed by atoms with van der Waals surface area (Å²) >= 11 is 3.37. The molecule has 2 aromatic carbocycles. The summed E-state index contributed by atoms with van der Waals surface area (Å²) < 4.78 is 33.4. The Morgan fingerprint density at radius 1 is 0.939 bits per heavy atom. The molecule has 1 amide bonds. The number of hydrogen-bond donors (Lipinski definition) is 0. The van der Waals surface area contributed by atoms with Gasteiger partial charge in [0.15, 0.2) is 0 Å². The zero-order valence-electron chi connectivity index (χ0n) is 18.8. The third kappa shape index (κ3) is 5.88. The predicted octanol–water partition coefficient (Wildman–Crippen LogP) is 3.35. The summed E-state index contributed by atoms with van der Waals surface area (Å²) in [6, 6.07) is 15.3. The Bertz CT molecular complexity index is 1040. The molecule has 0 saturated carbocycles. The molecule has 2 aromatic rings. The molecule has 2 aliphatic heterocycles. The highest BCUT2D eigenvalue weighted by molar-refractivity contribution is 9.10. The van der Waals surface area contributed by atoms with Crippen LogP contribution in [0.25, 0.3) is 0 Å². The molecular formula is C24H30BrN3O4S. The zero-order chi connectivity index (χ0) is 23.4. The molecule has 2 saturated heterocycles. The minimum Gasteiger partial charge on any atom is -0.497 e. The van der Waals surface area contributed by atoms with Crippen LogP contribution in [0.1, 0.15) is 18.4 Å². The van der Waals surface area contributed by atoms with Crippen molar-refractivity contribution < 1.29 is 17.9 Å². The molecular weight excluding hydrogens is 506 g/mol. The lowest BCUT2D eigenvalue weighted by Gasteiger charge is -2.39. The van der Waals surface area contributed by atoms with Crippen molar-refractivity contribution in [2.24, 2.45) is 5.92 Å². The van der Waals surface area contributed by atoms with E-state index in [1.807, 2.05) is 53.4 Å². The lowest BCUT2D eigenvalue weighted by atomic mass is 9.96. The predicted molar refractivity (Wildman–Crippen MR) is 133 cm³/mol. The third-order valence-electron chi connectivity index (χ3n) is 6.49. The molecule has 0 radical (unpaired) electrons. The number of hydrogen-bond acceptors (Lipinski definition) is 5. The molecule has 0 N–H and O–H groups in total. The standard InChI is InChI=1S/C24H30BrN3O4S/c1-32-23-8-6-22(7-9-23)26-14-16-27(17-15-26)24(29)20-10-12-28(13-11-20)33(30,31)18-19-2-4-21(25)5-3-19/h2-9,20H,10-18H2,1H3. The number of amides is 1. The van der Waals surface area contributed by atoms with Crippen molar-refractivity contribution in [2.75, 3.05) is 51.3 Å². The van der Waals surface area contributed by atoms with E-state index in [1.54, 1.807) is 11.4 Å². The molecule has 4 rings (SSSR count). The molecule has 7 nitrogen and oxygen atoms in total. The summed E-state index contributed by atoms with van der Waals surface area (Å²) in [6.07, 6.45) is 1.16. The quantitative estimate of drug-likeness (QED) is 0.567. The number of benzene rings is 2. The first-order valence-corrected chi connectivity index (χ1v) is 13.7. The van der Waals surface area contributed by atoms with Gasteiger partial charge in [-0.1, -0.05) is 28.1 Å². The van der Waals surface area contributed by atoms with E-state index in [1.165, 1.54) is 0 Å². The first-order valence-electron chi connectivity index (χ1n) is 11.3. The van der Waals surface area contributed by atoms with Gasteiger partial charge in [0.1, 0.15) is 5.75 Å². The normalized spacial score (nSPS) is 18.4. The SMILES string of the molecule is COc1ccc(N2CCN(C(=O)C3CCN(S(=O)(=O)Cc4ccc(Br)cc4)CC3)CC2)cc1. The minimum absolute atomic E-state index is 0.00773. The van der Waals surface area contributed by atoms with E-state index in [-0.39, 0.29) is 17.6 Å². The van der Waals surface area contributed by atoms with Crippen LogP contribution in [0.3, 0.4) is 0 Å². The Morgan fingerprint density at radius 2 is 1.55 bits per heavy atom. The van der Waals surface area contributed by atoms with Crippen LogP contribution in [0.15, 0.2) is 53.0 Å². The molecule has 0 atom stereocenters. The number of piperidine rings is 1. The van der Waals surface area contributed by atoms with Gasteiger partial charge in [0.05, 0.1) is 12.9 Å². The molecule has 178 valence electrons. The molecule has 0 unspecified atom stereocenters. The highest BCUT2D eigenvalue weighted by atomic mass is 79.9. The van der Waals surface area contributed by atoms with Gasteiger partial charge in [0.25, 0.3) is 0 Å². The summed E-state index contributed by atoms with van der Waals surface area (Å²) in [7, 11) is -1.73. The van der Waals surface area contributed by atoms with Gasteiger partial charge in [0.2, 0.25) is 15.9 Å². The van der Waals surface area contributed by atoms with Crippen molar-refractivity contribution in [3.05, 3.63) is 58.6 Å². The van der Waals surface area contributed by atoms with E-state index in [0.29, 0.717) is 39.0 Å². The van der Waals surface area contributed by atoms with E-state index < -0.39 is 10.0 Å². The second kappa shape index (κ2) is 10.4. The van der Waals surface area contributed by atoms with Gasteiger partial charge in [-0.25, -0.2) is 12.7 Å². The van der Waals surface area contributed by atoms with Gasteiger partial charge >= 0.3 is 0 Å². The molecule has 0 aromatic heterocycles. The van der Waals surface area contributed by atoms with E-state index >= 15 is 0 Å². The zero-order valence-corrected chi connectivity index (χ0v) is 21.2. The number of halogens is 1. The van der Waals surface area contributed by atoms with Gasteiger partial charge in [-0.15, -0.1) is 0 Å². The van der Waals surface area contributed by atoms with Crippen LogP contribution < -0.4 is 9.64 Å². The van der Waals surface area contributed by atoms with Crippen LogP contribution in [0.4, 0.5) is 5.69 Å². The molecule has 2 heterocycles. The van der Waals surface area contributed by atoms with Crippen molar-refractivity contribution in [1.29, 1.82) is 0 Å². The summed E-state index contributed by atoms with van der Waals surface area (Å²) in [5.74, 6) is 0.885. The van der Waals surface area contributed by atoms with Crippen molar-refractivity contribution in [2.45, 2.75) is 18.6 Å². The van der Waals surface area contributed by atoms with Crippen molar-refractivity contribution >= 4 is 37.5 Å². The molecule has 0 spiro atoms. The molecule has 2 fully saturated rings. The third-order valence-corrected chi connectivity index (χ3v) is 8.87. The van der Waals surface area contributed by atoms with Crippen LogP contribution in [0.5, 0.6) is 5.75 Å². The van der Waals surface area contributed by atoms with Gasteiger partial charge < -0.3 is 14.5 Å². The van der Waals surface area contributed by atoms with Crippen LogP contribution in [0, 0.1) is 5.92 Å². The van der Waals surface area contributed by atoms with Crippen LogP contribution in [-0.2, 0) is 20.6 Å². The van der Waals surface area contributed by atoms with Gasteiger partial charge in [-0.2, -0.15) is 0 Å². The number of sulfonamides is 1. The fraction of sp³-hybridized carbons (Fsp3) is 0.458. The Labute approximate surface area is 204 Å². The Hall–Kier alpha value is -2.10. The lowest BCUT2D eigenvalue weighted by molar-refractivity contribution is -0.137. The fourth-order valence-electron chi connectivity index (χ4n) is 4.50. The number of carbonyl (C=O) groups excluding carboxylic acids is 1. The number of ether oxygens (including phenoxy) is 1. The summed E-state index contributed by atoms with van der Waals surface area (Å²) in [5, 5.41) is 0. The maximum absolute atomic E-state index is 13.1. The average Bonchev–Trinajstić information content (AvgIpc) is 2.85. The molecule has 2 aliphatic rings. The monoisotopic (exact) mass is 535 g/mol. The Morgan fingerprint density at radius 3 is 2.12 bits per heavy atom. The van der Waals surface area contributed by atoms with E-state index in [0.717, 1.165) is 34.6 Å². The lowest BCUT2D eigenvalue weighted by Crippen LogP contribution is -2.52. The molecule has 0 aliphatic carbocycles. The summed E-state index contributed by atoms with van der Waals surface area (Å²) in [6.45, 7) is 3.76. The maximum Gasteiger partial charge on any atom is 0.225 e. The average molecular weight is 536 g/mol. The van der Waals surface area contributed by atoms with Crippen molar-refractivity contribution in [3.8, 4) is 5.75 Å². The van der Waals surface area contributed by atoms with Crippen molar-refractivity contribution in [3.63, 3.8) is 0 Å². The fourth-order valence-corrected chi connectivity index (χ4v) is 6.33. The van der Waals surface area contributed by atoms with Crippen LogP contribution >= 0.6 is 15.9 Å². The van der Waals surface area contributed by atoms with Crippen molar-refractivity contribution in [1.82, 2.24) is 9.21 Å². The molecule has 0 bridgehead atoms. The van der Waals surface area contributed by atoms with Gasteiger partial charge in [-0.05, 0) is 54.8 Å². The molecule has 9 heteroatoms. The van der Waals surface area contributed by atoms with E-state index in [9.17, 15) is 13.2 Å². The minimum atomic E-state index is -3.39. The second-order valence-corrected chi connectivity index (χ2v) is 11.5. The largest absolute Gasteiger partial charge is 0.497 e. The van der Waals surface area contributed by atoms with Gasteiger partial charge in [0, 0.05) is 55.3 Å².